The van der Waals surface area contributed by atoms with E-state index < -0.39 is 0 Å². The van der Waals surface area contributed by atoms with E-state index >= 15 is 0 Å². The van der Waals surface area contributed by atoms with Crippen LogP contribution < -0.4 is 5.32 Å². The Hall–Kier alpha value is -1.12. The van der Waals surface area contributed by atoms with E-state index in [1.165, 1.54) is 6.20 Å². The Bertz CT molecular complexity index is 169. The van der Waals surface area contributed by atoms with Crippen LogP contribution in [-0.2, 0) is 4.79 Å². The molecule has 0 aromatic rings. The predicted molar refractivity (Wildman–Crippen MR) is 28.1 cm³/mol. The van der Waals surface area contributed by atoms with Crippen molar-refractivity contribution in [3.63, 3.8) is 0 Å². The molecule has 0 spiro atoms. The third kappa shape index (κ3) is 0.753. The number of carbonyl (C=O) groups excluding carboxylic acids is 1. The van der Waals surface area contributed by atoms with E-state index in [0.717, 1.165) is 0 Å². The fourth-order valence-corrected chi connectivity index (χ4v) is 0.349. The number of aliphatic imine (C=N–C) groups is 1. The van der Waals surface area contributed by atoms with Gasteiger partial charge in [-0.15, -0.1) is 0 Å². The minimum absolute atomic E-state index is 0.299. The standard InChI is InChI=1S/C5H4N2O/c1-4-5(8)7-3-2-6-4/h2H,1H3. The Morgan fingerprint density at radius 3 is 2.88 bits per heavy atom. The zero-order chi connectivity index (χ0) is 5.98. The third-order valence-corrected chi connectivity index (χ3v) is 0.792. The van der Waals surface area contributed by atoms with E-state index in [9.17, 15) is 4.79 Å². The fourth-order valence-electron chi connectivity index (χ4n) is 0.349. The zero-order valence-corrected chi connectivity index (χ0v) is 4.38. The Labute approximate surface area is 47.1 Å². The molecule has 3 heteroatoms. The second-order valence-electron chi connectivity index (χ2n) is 1.39. The van der Waals surface area contributed by atoms with Crippen molar-refractivity contribution in [2.75, 3.05) is 0 Å². The molecule has 0 bridgehead atoms. The van der Waals surface area contributed by atoms with E-state index in [2.05, 4.69) is 16.5 Å². The first-order valence-electron chi connectivity index (χ1n) is 2.17. The molecule has 40 valence electrons. The molecule has 0 saturated heterocycles. The highest BCUT2D eigenvalue weighted by atomic mass is 16.1. The molecule has 1 aliphatic rings. The number of nitrogens with zero attached hydrogens (tertiary/aromatic N) is 2. The largest absolute Gasteiger partial charge is 0.291 e. The third-order valence-electron chi connectivity index (χ3n) is 0.792. The maximum absolute atomic E-state index is 10.4. The number of carbonyl (C=O) groups is 1. The average Bonchev–Trinajstić information content (AvgIpc) is 1.77. The maximum Gasteiger partial charge on any atom is 0.291 e. The van der Waals surface area contributed by atoms with Crippen molar-refractivity contribution in [2.45, 2.75) is 6.92 Å². The molecule has 1 heterocycles. The zero-order valence-electron chi connectivity index (χ0n) is 4.38. The highest BCUT2D eigenvalue weighted by molar-refractivity contribution is 6.38. The van der Waals surface area contributed by atoms with E-state index in [0.29, 0.717) is 5.71 Å². The van der Waals surface area contributed by atoms with Crippen molar-refractivity contribution in [1.29, 1.82) is 0 Å². The highest BCUT2D eigenvalue weighted by Gasteiger charge is 2.06. The molecule has 1 rings (SSSR count). The van der Waals surface area contributed by atoms with Crippen molar-refractivity contribution >= 4 is 11.6 Å². The van der Waals surface area contributed by atoms with Gasteiger partial charge in [-0.2, -0.15) is 0 Å². The van der Waals surface area contributed by atoms with Crippen molar-refractivity contribution in [2.24, 2.45) is 4.99 Å². The molecule has 1 amide bonds. The van der Waals surface area contributed by atoms with Gasteiger partial charge in [-0.1, -0.05) is 0 Å². The lowest BCUT2D eigenvalue weighted by molar-refractivity contribution is -0.114. The van der Waals surface area contributed by atoms with Crippen LogP contribution in [0.3, 0.4) is 0 Å². The molecule has 0 N–H and O–H groups in total. The van der Waals surface area contributed by atoms with Gasteiger partial charge in [-0.3, -0.25) is 9.79 Å². The van der Waals surface area contributed by atoms with Gasteiger partial charge < -0.3 is 0 Å². The van der Waals surface area contributed by atoms with Gasteiger partial charge in [0.2, 0.25) is 0 Å². The molecule has 0 unspecified atom stereocenters. The molecule has 2 radical (unpaired) electrons. The minimum Gasteiger partial charge on any atom is -0.265 e. The average molecular weight is 108 g/mol. The molecular formula is C5H4N2O. The van der Waals surface area contributed by atoms with Crippen LogP contribution in [0.15, 0.2) is 11.2 Å². The summed E-state index contributed by atoms with van der Waals surface area (Å²) in [5, 5.41) is 3.34. The van der Waals surface area contributed by atoms with Crippen LogP contribution in [0.1, 0.15) is 6.92 Å². The second kappa shape index (κ2) is 1.78. The Kier molecular flexibility index (Phi) is 1.12. The monoisotopic (exact) mass is 108 g/mol. The van der Waals surface area contributed by atoms with Crippen LogP contribution in [0.5, 0.6) is 0 Å². The normalized spacial score (nSPS) is 17.6. The molecule has 8 heavy (non-hydrogen) atoms. The Balaban J connectivity index is 2.80. The summed E-state index contributed by atoms with van der Waals surface area (Å²) >= 11 is 0. The molecule has 0 aromatic heterocycles. The van der Waals surface area contributed by atoms with Crippen LogP contribution in [0.25, 0.3) is 0 Å². The first-order chi connectivity index (χ1) is 3.80. The summed E-state index contributed by atoms with van der Waals surface area (Å²) in [5.74, 6) is -0.299. The van der Waals surface area contributed by atoms with Gasteiger partial charge in [0.05, 0.1) is 6.20 Å². The first kappa shape index (κ1) is 5.03. The van der Waals surface area contributed by atoms with Crippen molar-refractivity contribution in [3.05, 3.63) is 12.4 Å². The Morgan fingerprint density at radius 1 is 1.75 bits per heavy atom. The summed E-state index contributed by atoms with van der Waals surface area (Å²) in [6.45, 7) is 1.61. The van der Waals surface area contributed by atoms with Crippen LogP contribution >= 0.6 is 0 Å². The van der Waals surface area contributed by atoms with Crippen molar-refractivity contribution in [3.8, 4) is 0 Å². The molecule has 0 aliphatic carbocycles. The topological polar surface area (TPSA) is 43.5 Å². The maximum atomic E-state index is 10.4. The van der Waals surface area contributed by atoms with Gasteiger partial charge in [0.25, 0.3) is 5.91 Å². The summed E-state index contributed by atoms with van der Waals surface area (Å²) in [4.78, 5) is 14.1. The Morgan fingerprint density at radius 2 is 2.50 bits per heavy atom. The predicted octanol–water partition coefficient (Wildman–Crippen LogP) is -0.134. The van der Waals surface area contributed by atoms with Gasteiger partial charge in [0.15, 0.2) is 0 Å². The summed E-state index contributed by atoms with van der Waals surface area (Å²) in [6.07, 6.45) is 3.70. The minimum atomic E-state index is -0.299. The molecule has 0 saturated carbocycles. The molecule has 3 nitrogen and oxygen atoms in total. The van der Waals surface area contributed by atoms with Gasteiger partial charge in [0.1, 0.15) is 11.9 Å². The van der Waals surface area contributed by atoms with Crippen LogP contribution in [0.2, 0.25) is 0 Å². The summed E-state index contributed by atoms with van der Waals surface area (Å²) in [5.41, 5.74) is 0.420. The number of hydrogen-bond donors (Lipinski definition) is 0. The smallest absolute Gasteiger partial charge is 0.265 e. The molecule has 0 aromatic carbocycles. The van der Waals surface area contributed by atoms with Crippen LogP contribution in [0.4, 0.5) is 0 Å². The number of rotatable bonds is 0. The summed E-state index contributed by atoms with van der Waals surface area (Å²) in [7, 11) is 0. The van der Waals surface area contributed by atoms with Crippen molar-refractivity contribution in [1.82, 2.24) is 5.32 Å². The van der Waals surface area contributed by atoms with E-state index in [1.54, 1.807) is 6.92 Å². The fraction of sp³-hybridized carbons (Fsp3) is 0.200. The summed E-state index contributed by atoms with van der Waals surface area (Å²) < 4.78 is 0. The molecule has 0 atom stereocenters. The lowest BCUT2D eigenvalue weighted by atomic mass is 10.4. The van der Waals surface area contributed by atoms with E-state index in [1.807, 2.05) is 0 Å². The summed E-state index contributed by atoms with van der Waals surface area (Å²) in [6, 6.07) is 0. The number of hydrogen-bond acceptors (Lipinski definition) is 2. The van der Waals surface area contributed by atoms with Gasteiger partial charge in [-0.05, 0) is 6.92 Å². The van der Waals surface area contributed by atoms with Crippen LogP contribution in [-0.4, -0.2) is 11.6 Å². The van der Waals surface area contributed by atoms with Crippen LogP contribution in [0, 0.1) is 6.20 Å². The first-order valence-corrected chi connectivity index (χ1v) is 2.17. The highest BCUT2D eigenvalue weighted by Crippen LogP contribution is 1.86. The second-order valence-corrected chi connectivity index (χ2v) is 1.39. The van der Waals surface area contributed by atoms with Gasteiger partial charge in [0, 0.05) is 0 Å². The van der Waals surface area contributed by atoms with E-state index in [4.69, 9.17) is 0 Å². The SMILES string of the molecule is CC1=NC=[C][N]C1=O. The molecule has 1 aliphatic heterocycles. The van der Waals surface area contributed by atoms with Gasteiger partial charge in [-0.25, -0.2) is 5.32 Å². The van der Waals surface area contributed by atoms with E-state index in [-0.39, 0.29) is 5.91 Å². The lowest BCUT2D eigenvalue weighted by Gasteiger charge is -1.96. The number of amides is 1. The van der Waals surface area contributed by atoms with Crippen molar-refractivity contribution < 1.29 is 4.79 Å². The molecule has 0 fully saturated rings. The van der Waals surface area contributed by atoms with Gasteiger partial charge >= 0.3 is 0 Å². The quantitative estimate of drug-likeness (QED) is 0.426. The molecular weight excluding hydrogens is 104 g/mol. The lowest BCUT2D eigenvalue weighted by Crippen LogP contribution is -2.21.